The Morgan fingerprint density at radius 2 is 1.80 bits per heavy atom. The van der Waals surface area contributed by atoms with E-state index in [9.17, 15) is 9.59 Å². The summed E-state index contributed by atoms with van der Waals surface area (Å²) in [6.07, 6.45) is 0. The number of aryl methyl sites for hydroxylation is 2. The summed E-state index contributed by atoms with van der Waals surface area (Å²) >= 11 is 1.20. The fraction of sp³-hybridized carbons (Fsp3) is 0.467. The number of aromatic nitrogens is 2. The van der Waals surface area contributed by atoms with Crippen molar-refractivity contribution in [2.75, 3.05) is 0 Å². The third-order valence-electron chi connectivity index (χ3n) is 3.87. The summed E-state index contributed by atoms with van der Waals surface area (Å²) in [7, 11) is 0. The number of ketones is 1. The predicted molar refractivity (Wildman–Crippen MR) is 82.0 cm³/mol. The standard InChI is InChI=1S/C15H20N2O2S/c1-6-16-9(2)7-13(11(16)4)14(18)8-17-10(3)12(5)20-15(17)19/h7H,6,8H2,1-5H3. The van der Waals surface area contributed by atoms with E-state index in [-0.39, 0.29) is 17.2 Å². The molecule has 0 unspecified atom stereocenters. The van der Waals surface area contributed by atoms with Gasteiger partial charge in [0.1, 0.15) is 0 Å². The zero-order valence-electron chi connectivity index (χ0n) is 12.6. The van der Waals surface area contributed by atoms with E-state index in [1.807, 2.05) is 33.8 Å². The molecular weight excluding hydrogens is 272 g/mol. The molecule has 20 heavy (non-hydrogen) atoms. The first kappa shape index (κ1) is 14.8. The molecule has 2 heterocycles. The first-order valence-corrected chi connectivity index (χ1v) is 7.55. The van der Waals surface area contributed by atoms with E-state index in [0.717, 1.165) is 34.1 Å². The van der Waals surface area contributed by atoms with Crippen molar-refractivity contribution in [2.45, 2.75) is 47.7 Å². The molecule has 0 N–H and O–H groups in total. The van der Waals surface area contributed by atoms with Gasteiger partial charge >= 0.3 is 4.87 Å². The lowest BCUT2D eigenvalue weighted by molar-refractivity contribution is 0.0970. The molecule has 2 rings (SSSR count). The molecule has 0 aliphatic heterocycles. The Bertz CT molecular complexity index is 719. The number of nitrogens with zero attached hydrogens (tertiary/aromatic N) is 2. The van der Waals surface area contributed by atoms with Crippen molar-refractivity contribution in [1.82, 2.24) is 9.13 Å². The average Bonchev–Trinajstić information content (AvgIpc) is 2.80. The second kappa shape index (κ2) is 5.40. The van der Waals surface area contributed by atoms with Gasteiger partial charge in [-0.25, -0.2) is 0 Å². The third kappa shape index (κ3) is 2.38. The van der Waals surface area contributed by atoms with Crippen LogP contribution in [0.4, 0.5) is 0 Å². The Hall–Kier alpha value is -1.62. The van der Waals surface area contributed by atoms with Gasteiger partial charge in [-0.3, -0.25) is 14.2 Å². The Balaban J connectivity index is 2.36. The van der Waals surface area contributed by atoms with E-state index in [4.69, 9.17) is 0 Å². The fourth-order valence-corrected chi connectivity index (χ4v) is 3.40. The molecular formula is C15H20N2O2S. The fourth-order valence-electron chi connectivity index (χ4n) is 2.57. The molecule has 0 atom stereocenters. The van der Waals surface area contributed by atoms with E-state index in [2.05, 4.69) is 11.5 Å². The summed E-state index contributed by atoms with van der Waals surface area (Å²) in [6, 6.07) is 1.92. The quantitative estimate of drug-likeness (QED) is 0.813. The Kier molecular flexibility index (Phi) is 3.99. The number of hydrogen-bond acceptors (Lipinski definition) is 3. The van der Waals surface area contributed by atoms with Crippen LogP contribution in [0.15, 0.2) is 10.9 Å². The van der Waals surface area contributed by atoms with Gasteiger partial charge in [0.2, 0.25) is 0 Å². The monoisotopic (exact) mass is 292 g/mol. The second-order valence-electron chi connectivity index (χ2n) is 5.05. The van der Waals surface area contributed by atoms with Gasteiger partial charge in [0.25, 0.3) is 0 Å². The van der Waals surface area contributed by atoms with E-state index >= 15 is 0 Å². The average molecular weight is 292 g/mol. The highest BCUT2D eigenvalue weighted by atomic mass is 32.1. The topological polar surface area (TPSA) is 44.0 Å². The van der Waals surface area contributed by atoms with Gasteiger partial charge in [-0.1, -0.05) is 11.3 Å². The molecule has 5 heteroatoms. The smallest absolute Gasteiger partial charge is 0.307 e. The van der Waals surface area contributed by atoms with Crippen molar-refractivity contribution in [3.05, 3.63) is 43.3 Å². The van der Waals surface area contributed by atoms with Gasteiger partial charge in [-0.15, -0.1) is 0 Å². The van der Waals surface area contributed by atoms with E-state index in [1.165, 1.54) is 11.3 Å². The molecule has 0 aliphatic rings. The third-order valence-corrected chi connectivity index (χ3v) is 4.86. The summed E-state index contributed by atoms with van der Waals surface area (Å²) < 4.78 is 3.68. The number of carbonyl (C=O) groups is 1. The van der Waals surface area contributed by atoms with Crippen molar-refractivity contribution in [1.29, 1.82) is 0 Å². The van der Waals surface area contributed by atoms with Crippen molar-refractivity contribution < 1.29 is 4.79 Å². The van der Waals surface area contributed by atoms with Crippen LogP contribution >= 0.6 is 11.3 Å². The minimum atomic E-state index is -0.0577. The second-order valence-corrected chi connectivity index (χ2v) is 6.21. The highest BCUT2D eigenvalue weighted by Gasteiger charge is 2.17. The normalized spacial score (nSPS) is 11.1. The van der Waals surface area contributed by atoms with Crippen LogP contribution < -0.4 is 4.87 Å². The largest absolute Gasteiger partial charge is 0.349 e. The summed E-state index contributed by atoms with van der Waals surface area (Å²) in [5.74, 6) is 0.000741. The highest BCUT2D eigenvalue weighted by molar-refractivity contribution is 7.09. The summed E-state index contributed by atoms with van der Waals surface area (Å²) in [5.41, 5.74) is 3.67. The number of hydrogen-bond donors (Lipinski definition) is 0. The van der Waals surface area contributed by atoms with Crippen molar-refractivity contribution in [2.24, 2.45) is 0 Å². The van der Waals surface area contributed by atoms with Crippen LogP contribution in [-0.4, -0.2) is 14.9 Å². The molecule has 0 bridgehead atoms. The first-order valence-electron chi connectivity index (χ1n) is 6.73. The van der Waals surface area contributed by atoms with Crippen molar-refractivity contribution in [3.8, 4) is 0 Å². The minimum absolute atomic E-state index is 0.000741. The van der Waals surface area contributed by atoms with Crippen molar-refractivity contribution in [3.63, 3.8) is 0 Å². The zero-order valence-corrected chi connectivity index (χ0v) is 13.4. The predicted octanol–water partition coefficient (Wildman–Crippen LogP) is 2.85. The Morgan fingerprint density at radius 1 is 1.15 bits per heavy atom. The van der Waals surface area contributed by atoms with Gasteiger partial charge in [0.05, 0.1) is 6.54 Å². The van der Waals surface area contributed by atoms with Crippen LogP contribution in [-0.2, 0) is 13.1 Å². The molecule has 108 valence electrons. The SMILES string of the molecule is CCn1c(C)cc(C(=O)Cn2c(C)c(C)sc2=O)c1C. The summed E-state index contributed by atoms with van der Waals surface area (Å²) in [4.78, 5) is 25.2. The van der Waals surface area contributed by atoms with E-state index in [1.54, 1.807) is 4.57 Å². The molecule has 2 aromatic rings. The Labute approximate surface area is 122 Å². The number of Topliss-reactive ketones (excluding diaryl/α,β-unsaturated/α-hetero) is 1. The Morgan fingerprint density at radius 3 is 2.25 bits per heavy atom. The number of carbonyl (C=O) groups excluding carboxylic acids is 1. The van der Waals surface area contributed by atoms with Gasteiger partial charge in [0.15, 0.2) is 5.78 Å². The maximum atomic E-state index is 12.5. The van der Waals surface area contributed by atoms with Crippen LogP contribution in [0.5, 0.6) is 0 Å². The van der Waals surface area contributed by atoms with Crippen LogP contribution in [0.3, 0.4) is 0 Å². The zero-order chi connectivity index (χ0) is 15.0. The van der Waals surface area contributed by atoms with Crippen LogP contribution in [0, 0.1) is 27.7 Å². The molecule has 0 amide bonds. The molecule has 0 fully saturated rings. The van der Waals surface area contributed by atoms with Crippen LogP contribution in [0.25, 0.3) is 0 Å². The van der Waals surface area contributed by atoms with E-state index < -0.39 is 0 Å². The lowest BCUT2D eigenvalue weighted by atomic mass is 10.1. The molecule has 0 saturated heterocycles. The molecule has 0 spiro atoms. The molecule has 0 radical (unpaired) electrons. The minimum Gasteiger partial charge on any atom is -0.349 e. The van der Waals surface area contributed by atoms with Gasteiger partial charge in [-0.05, 0) is 40.7 Å². The summed E-state index contributed by atoms with van der Waals surface area (Å²) in [6.45, 7) is 10.8. The lowest BCUT2D eigenvalue weighted by Gasteiger charge is -2.07. The van der Waals surface area contributed by atoms with Crippen LogP contribution in [0.2, 0.25) is 0 Å². The van der Waals surface area contributed by atoms with Gasteiger partial charge in [0, 0.05) is 34.1 Å². The van der Waals surface area contributed by atoms with Crippen LogP contribution in [0.1, 0.15) is 39.2 Å². The maximum Gasteiger partial charge on any atom is 0.307 e. The molecule has 2 aromatic heterocycles. The van der Waals surface area contributed by atoms with Gasteiger partial charge < -0.3 is 4.57 Å². The summed E-state index contributed by atoms with van der Waals surface area (Å²) in [5, 5.41) is 0. The maximum absolute atomic E-state index is 12.5. The molecule has 0 saturated carbocycles. The number of thiazole rings is 1. The molecule has 0 aromatic carbocycles. The molecule has 4 nitrogen and oxygen atoms in total. The highest BCUT2D eigenvalue weighted by Crippen LogP contribution is 2.17. The van der Waals surface area contributed by atoms with Gasteiger partial charge in [-0.2, -0.15) is 0 Å². The van der Waals surface area contributed by atoms with E-state index in [0.29, 0.717) is 0 Å². The van der Waals surface area contributed by atoms with Crippen molar-refractivity contribution >= 4 is 17.1 Å². The number of rotatable bonds is 4. The molecule has 0 aliphatic carbocycles. The lowest BCUT2D eigenvalue weighted by Crippen LogP contribution is -2.21. The first-order chi connectivity index (χ1) is 9.36.